The minimum absolute atomic E-state index is 0.0529. The number of carbonyl (C=O) groups is 3. The van der Waals surface area contributed by atoms with Crippen molar-refractivity contribution in [2.45, 2.75) is 38.3 Å². The van der Waals surface area contributed by atoms with Crippen LogP contribution in [0.1, 0.15) is 26.2 Å². The van der Waals surface area contributed by atoms with Crippen molar-refractivity contribution in [3.05, 3.63) is 23.8 Å². The van der Waals surface area contributed by atoms with Crippen molar-refractivity contribution in [1.82, 2.24) is 15.5 Å². The number of nitrogens with zero attached hydrogens (tertiary/aromatic N) is 3. The van der Waals surface area contributed by atoms with Gasteiger partial charge in [-0.15, -0.1) is 0 Å². The Kier molecular flexibility index (Phi) is 6.33. The molecule has 3 fully saturated rings. The first-order valence-electron chi connectivity index (χ1n) is 10.8. The Morgan fingerprint density at radius 3 is 2.47 bits per heavy atom. The molecule has 0 aliphatic carbocycles. The highest BCUT2D eigenvalue weighted by Gasteiger charge is 2.35. The summed E-state index contributed by atoms with van der Waals surface area (Å²) in [5.41, 5.74) is -0.119. The van der Waals surface area contributed by atoms with Crippen LogP contribution in [0.2, 0.25) is 0 Å². The largest absolute Gasteiger partial charge is 0.442 e. The molecule has 0 spiro atoms. The maximum atomic E-state index is 14.9. The van der Waals surface area contributed by atoms with Crippen LogP contribution in [0.5, 0.6) is 0 Å². The molecule has 0 bridgehead atoms. The van der Waals surface area contributed by atoms with E-state index in [-0.39, 0.29) is 42.4 Å². The first-order chi connectivity index (χ1) is 15.3. The van der Waals surface area contributed by atoms with E-state index in [0.717, 1.165) is 43.0 Å². The fraction of sp³-hybridized carbons (Fsp3) is 0.571. The average Bonchev–Trinajstić information content (AvgIpc) is 3.47. The molecule has 174 valence electrons. The molecule has 1 aromatic rings. The number of halogens is 2. The van der Waals surface area contributed by atoms with Crippen molar-refractivity contribution < 1.29 is 27.9 Å². The third kappa shape index (κ3) is 4.71. The Morgan fingerprint density at radius 1 is 1.12 bits per heavy atom. The molecule has 3 saturated heterocycles. The third-order valence-corrected chi connectivity index (χ3v) is 5.99. The standard InChI is InChI=1S/C21H27F2N5O4/c1-13(29)24-10-16-12-28(21(31)32-16)15-8-17(22)19(18(23)9-15)27-7-4-14(11-27)25-20(30)26-5-2-3-6-26/h8-9,14,16H,2-7,10-12H2,1H3,(H,24,29)(H,25,30). The Hall–Kier alpha value is -3.11. The Morgan fingerprint density at radius 2 is 1.81 bits per heavy atom. The van der Waals surface area contributed by atoms with Gasteiger partial charge in [-0.05, 0) is 19.3 Å². The minimum atomic E-state index is -0.787. The molecule has 3 heterocycles. The molecule has 0 saturated carbocycles. The van der Waals surface area contributed by atoms with Gasteiger partial charge in [0.2, 0.25) is 5.91 Å². The van der Waals surface area contributed by atoms with Crippen molar-refractivity contribution in [3.8, 4) is 0 Å². The van der Waals surface area contributed by atoms with Crippen molar-refractivity contribution in [2.24, 2.45) is 0 Å². The molecule has 1 aromatic carbocycles. The van der Waals surface area contributed by atoms with Gasteiger partial charge in [-0.3, -0.25) is 9.69 Å². The average molecular weight is 451 g/mol. The van der Waals surface area contributed by atoms with Gasteiger partial charge < -0.3 is 25.2 Å². The molecular weight excluding hydrogens is 424 g/mol. The van der Waals surface area contributed by atoms with E-state index in [1.807, 2.05) is 0 Å². The van der Waals surface area contributed by atoms with E-state index in [2.05, 4.69) is 10.6 Å². The van der Waals surface area contributed by atoms with Crippen LogP contribution in [0.3, 0.4) is 0 Å². The van der Waals surface area contributed by atoms with Gasteiger partial charge in [0.15, 0.2) is 11.6 Å². The highest BCUT2D eigenvalue weighted by atomic mass is 19.1. The minimum Gasteiger partial charge on any atom is -0.442 e. The molecule has 2 N–H and O–H groups in total. The number of rotatable bonds is 5. The highest BCUT2D eigenvalue weighted by molar-refractivity contribution is 5.90. The van der Waals surface area contributed by atoms with Crippen molar-refractivity contribution in [2.75, 3.05) is 49.1 Å². The second-order valence-corrected chi connectivity index (χ2v) is 8.39. The van der Waals surface area contributed by atoms with Gasteiger partial charge in [-0.25, -0.2) is 18.4 Å². The van der Waals surface area contributed by atoms with Gasteiger partial charge in [-0.2, -0.15) is 0 Å². The maximum Gasteiger partial charge on any atom is 0.414 e. The van der Waals surface area contributed by atoms with Crippen LogP contribution in [-0.4, -0.2) is 74.3 Å². The number of amides is 4. The predicted molar refractivity (Wildman–Crippen MR) is 113 cm³/mol. The van der Waals surface area contributed by atoms with E-state index in [1.165, 1.54) is 6.92 Å². The summed E-state index contributed by atoms with van der Waals surface area (Å²) in [6, 6.07) is 1.89. The molecule has 2 atom stereocenters. The van der Waals surface area contributed by atoms with Gasteiger partial charge >= 0.3 is 12.1 Å². The lowest BCUT2D eigenvalue weighted by Gasteiger charge is -2.23. The van der Waals surface area contributed by atoms with Crippen molar-refractivity contribution in [1.29, 1.82) is 0 Å². The number of anilines is 2. The van der Waals surface area contributed by atoms with Crippen molar-refractivity contribution >= 4 is 29.4 Å². The molecule has 4 rings (SSSR count). The second-order valence-electron chi connectivity index (χ2n) is 8.39. The molecule has 2 unspecified atom stereocenters. The molecule has 32 heavy (non-hydrogen) atoms. The molecule has 4 amide bonds. The Bertz CT molecular complexity index is 885. The van der Waals surface area contributed by atoms with E-state index < -0.39 is 23.8 Å². The van der Waals surface area contributed by atoms with Gasteiger partial charge in [0, 0.05) is 51.3 Å². The number of hydrogen-bond donors (Lipinski definition) is 2. The van der Waals surface area contributed by atoms with Gasteiger partial charge in [0.05, 0.1) is 18.8 Å². The number of nitrogens with one attached hydrogen (secondary N) is 2. The highest BCUT2D eigenvalue weighted by Crippen LogP contribution is 2.32. The lowest BCUT2D eigenvalue weighted by atomic mass is 10.2. The number of hydrogen-bond acceptors (Lipinski definition) is 5. The molecular formula is C21H27F2N5O4. The molecule has 3 aliphatic rings. The Balaban J connectivity index is 1.40. The summed E-state index contributed by atoms with van der Waals surface area (Å²) in [5.74, 6) is -1.84. The third-order valence-electron chi connectivity index (χ3n) is 5.99. The fourth-order valence-electron chi connectivity index (χ4n) is 4.37. The van der Waals surface area contributed by atoms with Gasteiger partial charge in [0.1, 0.15) is 11.8 Å². The van der Waals surface area contributed by atoms with Crippen LogP contribution < -0.4 is 20.4 Å². The first-order valence-corrected chi connectivity index (χ1v) is 10.8. The van der Waals surface area contributed by atoms with Crippen LogP contribution in [0.15, 0.2) is 12.1 Å². The lowest BCUT2D eigenvalue weighted by Crippen LogP contribution is -2.44. The van der Waals surface area contributed by atoms with Gasteiger partial charge in [0.25, 0.3) is 0 Å². The van der Waals surface area contributed by atoms with E-state index >= 15 is 0 Å². The van der Waals surface area contributed by atoms with Gasteiger partial charge in [-0.1, -0.05) is 0 Å². The normalized spacial score (nSPS) is 23.0. The summed E-state index contributed by atoms with van der Waals surface area (Å²) >= 11 is 0. The molecule has 11 heteroatoms. The number of urea groups is 1. The monoisotopic (exact) mass is 451 g/mol. The fourth-order valence-corrected chi connectivity index (χ4v) is 4.37. The smallest absolute Gasteiger partial charge is 0.414 e. The zero-order chi connectivity index (χ0) is 22.8. The lowest BCUT2D eigenvalue weighted by molar-refractivity contribution is -0.119. The number of carbonyl (C=O) groups excluding carboxylic acids is 3. The molecule has 0 radical (unpaired) electrons. The number of benzene rings is 1. The summed E-state index contributed by atoms with van der Waals surface area (Å²) < 4.78 is 35.0. The summed E-state index contributed by atoms with van der Waals surface area (Å²) in [7, 11) is 0. The number of ether oxygens (including phenoxy) is 1. The van der Waals surface area contributed by atoms with Crippen molar-refractivity contribution in [3.63, 3.8) is 0 Å². The van der Waals surface area contributed by atoms with E-state index in [0.29, 0.717) is 19.5 Å². The maximum absolute atomic E-state index is 14.9. The van der Waals surface area contributed by atoms with E-state index in [9.17, 15) is 23.2 Å². The summed E-state index contributed by atoms with van der Waals surface area (Å²) in [4.78, 5) is 39.9. The zero-order valence-corrected chi connectivity index (χ0v) is 17.9. The quantitative estimate of drug-likeness (QED) is 0.712. The van der Waals surface area contributed by atoms with Crippen LogP contribution in [0.4, 0.5) is 29.7 Å². The van der Waals surface area contributed by atoms with Crippen LogP contribution >= 0.6 is 0 Å². The number of likely N-dealkylation sites (tertiary alicyclic amines) is 1. The first kappa shape index (κ1) is 22.1. The Labute approximate surface area is 184 Å². The molecule has 9 nitrogen and oxygen atoms in total. The van der Waals surface area contributed by atoms with Crippen LogP contribution in [0, 0.1) is 11.6 Å². The zero-order valence-electron chi connectivity index (χ0n) is 17.9. The summed E-state index contributed by atoms with van der Waals surface area (Å²) in [5, 5.41) is 5.50. The number of cyclic esters (lactones) is 1. The second kappa shape index (κ2) is 9.17. The predicted octanol–water partition coefficient (Wildman–Crippen LogP) is 1.81. The van der Waals surface area contributed by atoms with Crippen LogP contribution in [-0.2, 0) is 9.53 Å². The molecule has 3 aliphatic heterocycles. The molecule has 0 aromatic heterocycles. The SMILES string of the molecule is CC(=O)NCC1CN(c2cc(F)c(N3CCC(NC(=O)N4CCCC4)C3)c(F)c2)C(=O)O1. The summed E-state index contributed by atoms with van der Waals surface area (Å²) in [6.07, 6.45) is 1.24. The summed E-state index contributed by atoms with van der Waals surface area (Å²) in [6.45, 7) is 3.72. The van der Waals surface area contributed by atoms with E-state index in [1.54, 1.807) is 9.80 Å². The topological polar surface area (TPSA) is 94.2 Å². The van der Waals surface area contributed by atoms with Crippen LogP contribution in [0.25, 0.3) is 0 Å². The van der Waals surface area contributed by atoms with E-state index in [4.69, 9.17) is 4.74 Å².